The van der Waals surface area contributed by atoms with E-state index >= 15 is 0 Å². The van der Waals surface area contributed by atoms with Crippen LogP contribution in [-0.4, -0.2) is 23.9 Å². The molecule has 1 heterocycles. The molecule has 1 unspecified atom stereocenters. The first-order valence-electron chi connectivity index (χ1n) is 6.87. The van der Waals surface area contributed by atoms with Crippen LogP contribution < -0.4 is 5.73 Å². The summed E-state index contributed by atoms with van der Waals surface area (Å²) < 4.78 is 0. The number of hydrogen-bond acceptors (Lipinski definition) is 2. The van der Waals surface area contributed by atoms with E-state index in [4.69, 9.17) is 5.73 Å². The molecule has 0 aliphatic carbocycles. The molecule has 1 aromatic carbocycles. The fraction of sp³-hybridized carbons (Fsp3) is 0.533. The fourth-order valence-corrected chi connectivity index (χ4v) is 2.65. The van der Waals surface area contributed by atoms with Gasteiger partial charge in [0.1, 0.15) is 0 Å². The molecule has 19 heavy (non-hydrogen) atoms. The average molecular weight is 283 g/mol. The first-order valence-corrected chi connectivity index (χ1v) is 6.87. The Balaban J connectivity index is 0.00000180. The lowest BCUT2D eigenvalue weighted by molar-refractivity contribution is -0.132. The van der Waals surface area contributed by atoms with Gasteiger partial charge in [-0.25, -0.2) is 0 Å². The third-order valence-corrected chi connectivity index (χ3v) is 3.60. The number of hydrogen-bond donors (Lipinski definition) is 1. The Hall–Kier alpha value is -1.06. The minimum absolute atomic E-state index is 0. The predicted octanol–water partition coefficient (Wildman–Crippen LogP) is 2.90. The molecule has 1 saturated heterocycles. The summed E-state index contributed by atoms with van der Waals surface area (Å²) in [5.41, 5.74) is 6.73. The molecule has 0 radical (unpaired) electrons. The molecule has 1 fully saturated rings. The van der Waals surface area contributed by atoms with E-state index in [1.54, 1.807) is 0 Å². The molecule has 1 aromatic rings. The van der Waals surface area contributed by atoms with E-state index in [0.717, 1.165) is 32.2 Å². The van der Waals surface area contributed by atoms with Crippen molar-refractivity contribution in [1.29, 1.82) is 0 Å². The van der Waals surface area contributed by atoms with Crippen molar-refractivity contribution in [2.45, 2.75) is 38.1 Å². The van der Waals surface area contributed by atoms with Gasteiger partial charge in [-0.2, -0.15) is 0 Å². The highest BCUT2D eigenvalue weighted by Gasteiger charge is 2.28. The number of nitrogens with zero attached hydrogens (tertiary/aromatic N) is 1. The Morgan fingerprint density at radius 1 is 1.26 bits per heavy atom. The molecule has 4 heteroatoms. The van der Waals surface area contributed by atoms with Crippen molar-refractivity contribution >= 4 is 18.3 Å². The zero-order valence-corrected chi connectivity index (χ0v) is 12.1. The minimum Gasteiger partial charge on any atom is -0.336 e. The highest BCUT2D eigenvalue weighted by Crippen LogP contribution is 2.32. The molecule has 1 aliphatic heterocycles. The zero-order chi connectivity index (χ0) is 12.8. The number of likely N-dealkylation sites (tertiary alicyclic amines) is 1. The highest BCUT2D eigenvalue weighted by molar-refractivity contribution is 5.85. The van der Waals surface area contributed by atoms with Crippen LogP contribution in [0.15, 0.2) is 30.3 Å². The molecule has 1 atom stereocenters. The van der Waals surface area contributed by atoms with E-state index in [2.05, 4.69) is 12.1 Å². The molecule has 1 amide bonds. The Kier molecular flexibility index (Phi) is 6.89. The Morgan fingerprint density at radius 2 is 2.00 bits per heavy atom. The third kappa shape index (κ3) is 4.22. The molecule has 2 N–H and O–H groups in total. The summed E-state index contributed by atoms with van der Waals surface area (Å²) in [6.07, 6.45) is 4.69. The average Bonchev–Trinajstić information content (AvgIpc) is 2.89. The summed E-state index contributed by atoms with van der Waals surface area (Å²) in [7, 11) is 0. The smallest absolute Gasteiger partial charge is 0.223 e. The van der Waals surface area contributed by atoms with E-state index in [9.17, 15) is 4.79 Å². The van der Waals surface area contributed by atoms with E-state index in [1.807, 2.05) is 23.1 Å². The van der Waals surface area contributed by atoms with Crippen LogP contribution in [0.5, 0.6) is 0 Å². The van der Waals surface area contributed by atoms with Crippen LogP contribution in [0.25, 0.3) is 0 Å². The van der Waals surface area contributed by atoms with Crippen LogP contribution in [0.1, 0.15) is 43.7 Å². The monoisotopic (exact) mass is 282 g/mol. The van der Waals surface area contributed by atoms with Crippen LogP contribution in [0.3, 0.4) is 0 Å². The molecule has 0 spiro atoms. The summed E-state index contributed by atoms with van der Waals surface area (Å²) in [6, 6.07) is 10.6. The summed E-state index contributed by atoms with van der Waals surface area (Å²) in [5.74, 6) is 0.287. The normalized spacial score (nSPS) is 18.2. The zero-order valence-electron chi connectivity index (χ0n) is 11.3. The van der Waals surface area contributed by atoms with Gasteiger partial charge in [0.25, 0.3) is 0 Å². The highest BCUT2D eigenvalue weighted by atomic mass is 35.5. The van der Waals surface area contributed by atoms with Gasteiger partial charge in [-0.05, 0) is 37.8 Å². The van der Waals surface area contributed by atoms with E-state index < -0.39 is 0 Å². The molecule has 106 valence electrons. The molecule has 0 aromatic heterocycles. The lowest BCUT2D eigenvalue weighted by Gasteiger charge is -2.25. The third-order valence-electron chi connectivity index (χ3n) is 3.60. The SMILES string of the molecule is Cl.NCCCCC(=O)N1CCCC1c1ccccc1. The van der Waals surface area contributed by atoms with E-state index in [-0.39, 0.29) is 24.4 Å². The second-order valence-corrected chi connectivity index (χ2v) is 4.90. The maximum absolute atomic E-state index is 12.2. The number of amides is 1. The van der Waals surface area contributed by atoms with Crippen molar-refractivity contribution < 1.29 is 4.79 Å². The fourth-order valence-electron chi connectivity index (χ4n) is 2.65. The number of unbranched alkanes of at least 4 members (excludes halogenated alkanes) is 1. The number of carbonyl (C=O) groups is 1. The quantitative estimate of drug-likeness (QED) is 0.844. The van der Waals surface area contributed by atoms with Crippen LogP contribution in [0, 0.1) is 0 Å². The lowest BCUT2D eigenvalue weighted by Crippen LogP contribution is -2.30. The molecule has 2 rings (SSSR count). The summed E-state index contributed by atoms with van der Waals surface area (Å²) in [6.45, 7) is 1.58. The van der Waals surface area contributed by atoms with Crippen molar-refractivity contribution in [3.05, 3.63) is 35.9 Å². The van der Waals surface area contributed by atoms with Crippen molar-refractivity contribution in [3.63, 3.8) is 0 Å². The van der Waals surface area contributed by atoms with Gasteiger partial charge in [0.2, 0.25) is 5.91 Å². The van der Waals surface area contributed by atoms with Crippen LogP contribution in [0.4, 0.5) is 0 Å². The summed E-state index contributed by atoms with van der Waals surface area (Å²) in [5, 5.41) is 0. The molecule has 3 nitrogen and oxygen atoms in total. The first kappa shape index (κ1) is 16.0. The van der Waals surface area contributed by atoms with E-state index in [0.29, 0.717) is 13.0 Å². The molecule has 0 saturated carbocycles. The summed E-state index contributed by atoms with van der Waals surface area (Å²) >= 11 is 0. The van der Waals surface area contributed by atoms with Crippen LogP contribution in [0.2, 0.25) is 0 Å². The molecular formula is C15H23ClN2O. The molecular weight excluding hydrogens is 260 g/mol. The lowest BCUT2D eigenvalue weighted by atomic mass is 10.0. The van der Waals surface area contributed by atoms with Gasteiger partial charge in [-0.3, -0.25) is 4.79 Å². The number of benzene rings is 1. The van der Waals surface area contributed by atoms with Crippen LogP contribution in [-0.2, 0) is 4.79 Å². The number of rotatable bonds is 5. The van der Waals surface area contributed by atoms with Crippen molar-refractivity contribution in [3.8, 4) is 0 Å². The van der Waals surface area contributed by atoms with Crippen molar-refractivity contribution in [2.24, 2.45) is 5.73 Å². The van der Waals surface area contributed by atoms with Crippen molar-refractivity contribution in [1.82, 2.24) is 4.90 Å². The van der Waals surface area contributed by atoms with Crippen LogP contribution >= 0.6 is 12.4 Å². The molecule has 0 bridgehead atoms. The van der Waals surface area contributed by atoms with Gasteiger partial charge in [0.05, 0.1) is 6.04 Å². The van der Waals surface area contributed by atoms with Gasteiger partial charge in [0, 0.05) is 13.0 Å². The van der Waals surface area contributed by atoms with Gasteiger partial charge in [-0.15, -0.1) is 12.4 Å². The van der Waals surface area contributed by atoms with Gasteiger partial charge >= 0.3 is 0 Å². The Bertz CT molecular complexity index is 383. The van der Waals surface area contributed by atoms with Gasteiger partial charge in [-0.1, -0.05) is 30.3 Å². The summed E-state index contributed by atoms with van der Waals surface area (Å²) in [4.78, 5) is 14.2. The standard InChI is InChI=1S/C15H22N2O.ClH/c16-11-5-4-10-15(18)17-12-6-9-14(17)13-7-2-1-3-8-13;/h1-3,7-8,14H,4-6,9-12,16H2;1H. The topological polar surface area (TPSA) is 46.3 Å². The van der Waals surface area contributed by atoms with E-state index in [1.165, 1.54) is 5.56 Å². The Labute approximate surface area is 121 Å². The maximum atomic E-state index is 12.2. The predicted molar refractivity (Wildman–Crippen MR) is 80.3 cm³/mol. The molecule has 1 aliphatic rings. The maximum Gasteiger partial charge on any atom is 0.223 e. The second-order valence-electron chi connectivity index (χ2n) is 4.90. The Morgan fingerprint density at radius 3 is 2.68 bits per heavy atom. The number of halogens is 1. The second kappa shape index (κ2) is 8.18. The van der Waals surface area contributed by atoms with Crippen molar-refractivity contribution in [2.75, 3.05) is 13.1 Å². The number of carbonyl (C=O) groups excluding carboxylic acids is 1. The number of nitrogens with two attached hydrogens (primary N) is 1. The van der Waals surface area contributed by atoms with Gasteiger partial charge in [0.15, 0.2) is 0 Å². The van der Waals surface area contributed by atoms with Gasteiger partial charge < -0.3 is 10.6 Å². The minimum atomic E-state index is 0. The first-order chi connectivity index (χ1) is 8.83. The largest absolute Gasteiger partial charge is 0.336 e.